The Bertz CT molecular complexity index is 491. The second-order valence-corrected chi connectivity index (χ2v) is 6.99. The van der Waals surface area contributed by atoms with E-state index in [2.05, 4.69) is 45.9 Å². The molecule has 2 heterocycles. The zero-order valence-electron chi connectivity index (χ0n) is 14.1. The van der Waals surface area contributed by atoms with Gasteiger partial charge >= 0.3 is 0 Å². The zero-order valence-corrected chi connectivity index (χ0v) is 14.1. The minimum atomic E-state index is 0.223. The van der Waals surface area contributed by atoms with E-state index in [0.29, 0.717) is 24.5 Å². The number of rotatable bonds is 7. The second-order valence-electron chi connectivity index (χ2n) is 6.99. The number of hydrogen-bond donors (Lipinski definition) is 2. The Balaban J connectivity index is 1.50. The van der Waals surface area contributed by atoms with Gasteiger partial charge in [-0.3, -0.25) is 9.69 Å². The van der Waals surface area contributed by atoms with Crippen molar-refractivity contribution < 1.29 is 4.79 Å². The summed E-state index contributed by atoms with van der Waals surface area (Å²) in [5, 5.41) is 6.36. The Morgan fingerprint density at radius 2 is 1.87 bits per heavy atom. The molecule has 2 bridgehead atoms. The summed E-state index contributed by atoms with van der Waals surface area (Å²) in [4.78, 5) is 14.7. The van der Waals surface area contributed by atoms with Crippen molar-refractivity contribution in [2.45, 2.75) is 63.2 Å². The van der Waals surface area contributed by atoms with E-state index >= 15 is 0 Å². The van der Waals surface area contributed by atoms with Gasteiger partial charge in [-0.1, -0.05) is 30.3 Å². The van der Waals surface area contributed by atoms with Gasteiger partial charge in [0.1, 0.15) is 0 Å². The average Bonchev–Trinajstić information content (AvgIpc) is 2.79. The molecule has 4 heteroatoms. The van der Waals surface area contributed by atoms with Gasteiger partial charge in [0.25, 0.3) is 0 Å². The highest BCUT2D eigenvalue weighted by Crippen LogP contribution is 2.36. The number of nitrogens with one attached hydrogen (secondary N) is 2. The lowest BCUT2D eigenvalue weighted by Crippen LogP contribution is -2.50. The molecule has 23 heavy (non-hydrogen) atoms. The van der Waals surface area contributed by atoms with Crippen molar-refractivity contribution in [3.05, 3.63) is 35.9 Å². The molecule has 0 aliphatic carbocycles. The fourth-order valence-corrected chi connectivity index (χ4v) is 4.17. The minimum Gasteiger partial charge on any atom is -0.353 e. The van der Waals surface area contributed by atoms with Gasteiger partial charge < -0.3 is 10.6 Å². The zero-order chi connectivity index (χ0) is 16.1. The van der Waals surface area contributed by atoms with Gasteiger partial charge in [0.15, 0.2) is 0 Å². The Morgan fingerprint density at radius 1 is 1.17 bits per heavy atom. The van der Waals surface area contributed by atoms with Crippen LogP contribution in [0, 0.1) is 0 Å². The van der Waals surface area contributed by atoms with Crippen LogP contribution in [0.5, 0.6) is 0 Å². The molecule has 2 N–H and O–H groups in total. The highest BCUT2D eigenvalue weighted by atomic mass is 16.1. The number of benzene rings is 1. The van der Waals surface area contributed by atoms with Crippen molar-refractivity contribution in [2.24, 2.45) is 0 Å². The van der Waals surface area contributed by atoms with Crippen LogP contribution in [0.25, 0.3) is 0 Å². The summed E-state index contributed by atoms with van der Waals surface area (Å²) in [6, 6.07) is 12.4. The molecule has 2 atom stereocenters. The second kappa shape index (κ2) is 7.93. The average molecular weight is 315 g/mol. The van der Waals surface area contributed by atoms with E-state index in [-0.39, 0.29) is 5.91 Å². The minimum absolute atomic E-state index is 0.223. The number of carbonyl (C=O) groups is 1. The summed E-state index contributed by atoms with van der Waals surface area (Å²) in [6.45, 7) is 1.97. The van der Waals surface area contributed by atoms with E-state index in [1.165, 1.54) is 18.4 Å². The van der Waals surface area contributed by atoms with Crippen LogP contribution in [-0.2, 0) is 11.3 Å². The maximum atomic E-state index is 12.0. The molecule has 1 amide bonds. The Kier molecular flexibility index (Phi) is 5.68. The number of carbonyl (C=O) groups excluding carboxylic acids is 1. The first-order valence-electron chi connectivity index (χ1n) is 9.00. The third-order valence-corrected chi connectivity index (χ3v) is 5.29. The van der Waals surface area contributed by atoms with E-state index in [1.807, 2.05) is 7.05 Å². The Hall–Kier alpha value is -1.39. The van der Waals surface area contributed by atoms with Gasteiger partial charge in [-0.2, -0.15) is 0 Å². The van der Waals surface area contributed by atoms with Crippen LogP contribution in [-0.4, -0.2) is 42.5 Å². The maximum Gasteiger partial charge on any atom is 0.220 e. The topological polar surface area (TPSA) is 44.4 Å². The van der Waals surface area contributed by atoms with Crippen LogP contribution < -0.4 is 10.6 Å². The summed E-state index contributed by atoms with van der Waals surface area (Å²) in [6.07, 6.45) is 6.35. The first kappa shape index (κ1) is 16.5. The van der Waals surface area contributed by atoms with Gasteiger partial charge in [0.2, 0.25) is 5.91 Å². The first-order chi connectivity index (χ1) is 11.3. The molecule has 4 nitrogen and oxygen atoms in total. The van der Waals surface area contributed by atoms with Gasteiger partial charge in [-0.15, -0.1) is 0 Å². The maximum absolute atomic E-state index is 12.0. The van der Waals surface area contributed by atoms with E-state index in [4.69, 9.17) is 0 Å². The molecular weight excluding hydrogens is 286 g/mol. The standard InChI is InChI=1S/C19H29N3O/c1-20-11-5-8-19(23)21-16-12-17-9-10-18(13-16)22(17)14-15-6-3-2-4-7-15/h2-4,6-7,16-18,20H,5,8-14H2,1H3,(H,21,23). The predicted molar refractivity (Wildman–Crippen MR) is 93.1 cm³/mol. The highest BCUT2D eigenvalue weighted by Gasteiger charge is 2.40. The van der Waals surface area contributed by atoms with Crippen LogP contribution in [0.2, 0.25) is 0 Å². The molecule has 2 aliphatic rings. The number of nitrogens with zero attached hydrogens (tertiary/aromatic N) is 1. The number of amides is 1. The van der Waals surface area contributed by atoms with E-state index in [0.717, 1.165) is 32.4 Å². The SMILES string of the molecule is CNCCCC(=O)NC1CC2CCC(C1)N2Cc1ccccc1. The number of fused-ring (bicyclic) bond motifs is 2. The van der Waals surface area contributed by atoms with Crippen LogP contribution in [0.1, 0.15) is 44.1 Å². The third kappa shape index (κ3) is 4.33. The Labute approximate surface area is 139 Å². The lowest BCUT2D eigenvalue weighted by atomic mass is 9.96. The fourth-order valence-electron chi connectivity index (χ4n) is 4.17. The van der Waals surface area contributed by atoms with Gasteiger partial charge in [0, 0.05) is 31.1 Å². The summed E-state index contributed by atoms with van der Waals surface area (Å²) >= 11 is 0. The molecule has 2 saturated heterocycles. The summed E-state index contributed by atoms with van der Waals surface area (Å²) in [7, 11) is 1.93. The van der Waals surface area contributed by atoms with Crippen molar-refractivity contribution in [1.82, 2.24) is 15.5 Å². The van der Waals surface area contributed by atoms with Crippen molar-refractivity contribution in [1.29, 1.82) is 0 Å². The van der Waals surface area contributed by atoms with Gasteiger partial charge in [-0.25, -0.2) is 0 Å². The molecule has 0 radical (unpaired) electrons. The van der Waals surface area contributed by atoms with Crippen LogP contribution in [0.4, 0.5) is 0 Å². The van der Waals surface area contributed by atoms with E-state index < -0.39 is 0 Å². The van der Waals surface area contributed by atoms with Gasteiger partial charge in [0.05, 0.1) is 0 Å². The molecule has 3 rings (SSSR count). The lowest BCUT2D eigenvalue weighted by Gasteiger charge is -2.39. The molecule has 2 fully saturated rings. The van der Waals surface area contributed by atoms with Crippen LogP contribution >= 0.6 is 0 Å². The third-order valence-electron chi connectivity index (χ3n) is 5.29. The van der Waals surface area contributed by atoms with Crippen LogP contribution in [0.15, 0.2) is 30.3 Å². The summed E-state index contributed by atoms with van der Waals surface area (Å²) in [5.41, 5.74) is 1.40. The number of piperidine rings is 1. The highest BCUT2D eigenvalue weighted by molar-refractivity contribution is 5.76. The molecule has 126 valence electrons. The fraction of sp³-hybridized carbons (Fsp3) is 0.632. The molecule has 0 spiro atoms. The summed E-state index contributed by atoms with van der Waals surface area (Å²) < 4.78 is 0. The molecule has 2 aliphatic heterocycles. The quantitative estimate of drug-likeness (QED) is 0.759. The smallest absolute Gasteiger partial charge is 0.220 e. The van der Waals surface area contributed by atoms with E-state index in [1.54, 1.807) is 0 Å². The van der Waals surface area contributed by atoms with Crippen molar-refractivity contribution in [2.75, 3.05) is 13.6 Å². The molecule has 0 saturated carbocycles. The predicted octanol–water partition coefficient (Wildman–Crippen LogP) is 2.30. The van der Waals surface area contributed by atoms with Gasteiger partial charge in [-0.05, 0) is 51.3 Å². The van der Waals surface area contributed by atoms with Crippen molar-refractivity contribution in [3.63, 3.8) is 0 Å². The Morgan fingerprint density at radius 3 is 2.52 bits per heavy atom. The molecule has 1 aromatic carbocycles. The molecule has 1 aromatic rings. The first-order valence-corrected chi connectivity index (χ1v) is 9.00. The molecule has 2 unspecified atom stereocenters. The number of hydrogen-bond acceptors (Lipinski definition) is 3. The van der Waals surface area contributed by atoms with Crippen LogP contribution in [0.3, 0.4) is 0 Å². The van der Waals surface area contributed by atoms with Crippen molar-refractivity contribution in [3.8, 4) is 0 Å². The monoisotopic (exact) mass is 315 g/mol. The lowest BCUT2D eigenvalue weighted by molar-refractivity contribution is -0.122. The summed E-state index contributed by atoms with van der Waals surface area (Å²) in [5.74, 6) is 0.223. The molecule has 0 aromatic heterocycles. The van der Waals surface area contributed by atoms with E-state index in [9.17, 15) is 4.79 Å². The van der Waals surface area contributed by atoms with Crippen molar-refractivity contribution >= 4 is 5.91 Å². The molecular formula is C19H29N3O. The largest absolute Gasteiger partial charge is 0.353 e. The normalized spacial score (nSPS) is 27.1.